The van der Waals surface area contributed by atoms with Gasteiger partial charge in [-0.25, -0.2) is 0 Å². The van der Waals surface area contributed by atoms with Gasteiger partial charge in [0.15, 0.2) is 0 Å². The normalized spacial score (nSPS) is 15.3. The van der Waals surface area contributed by atoms with Gasteiger partial charge in [0, 0.05) is 48.8 Å². The minimum atomic E-state index is -0.288. The monoisotopic (exact) mass is 1380 g/mol. The van der Waals surface area contributed by atoms with E-state index in [4.69, 9.17) is 8.83 Å². The molecule has 540 valence electrons. The van der Waals surface area contributed by atoms with Gasteiger partial charge in [0.25, 0.3) is 0 Å². The van der Waals surface area contributed by atoms with Gasteiger partial charge in [-0.05, 0) is 186 Å². The molecule has 0 saturated heterocycles. The van der Waals surface area contributed by atoms with Gasteiger partial charge in [-0.3, -0.25) is 0 Å². The van der Waals surface area contributed by atoms with Gasteiger partial charge in [-0.2, -0.15) is 0 Å². The highest BCUT2D eigenvalue weighted by molar-refractivity contribution is 6.21. The first kappa shape index (κ1) is 71.1. The second-order valence-electron chi connectivity index (χ2n) is 34.1. The molecule has 0 aliphatic heterocycles. The van der Waals surface area contributed by atoms with E-state index in [0.29, 0.717) is 0 Å². The summed E-state index contributed by atoms with van der Waals surface area (Å²) >= 11 is 0. The summed E-state index contributed by atoms with van der Waals surface area (Å²) in [7, 11) is 0. The number of hydrogen-bond acceptors (Lipinski definition) is 2. The Morgan fingerprint density at radius 1 is 0.295 bits per heavy atom. The molecule has 0 saturated carbocycles. The van der Waals surface area contributed by atoms with Crippen LogP contribution >= 0.6 is 0 Å². The minimum Gasteiger partial charge on any atom is -0.456 e. The molecule has 0 N–H and O–H groups in total. The lowest BCUT2D eigenvalue weighted by Gasteiger charge is -2.35. The van der Waals surface area contributed by atoms with Crippen LogP contribution in [0.15, 0.2) is 197 Å². The Labute approximate surface area is 629 Å². The highest BCUT2D eigenvalue weighted by Gasteiger charge is 2.51. The second kappa shape index (κ2) is 30.2. The van der Waals surface area contributed by atoms with E-state index in [0.717, 1.165) is 35.2 Å². The molecule has 12 aromatic rings. The molecule has 4 aliphatic carbocycles. The third kappa shape index (κ3) is 12.7. The van der Waals surface area contributed by atoms with Crippen LogP contribution < -0.4 is 0 Å². The molecule has 2 heterocycles. The van der Waals surface area contributed by atoms with E-state index >= 15 is 0 Å². The third-order valence-corrected chi connectivity index (χ3v) is 26.7. The van der Waals surface area contributed by atoms with E-state index in [2.05, 4.69) is 243 Å². The molecule has 0 fully saturated rings. The summed E-state index contributed by atoms with van der Waals surface area (Å²) in [5.41, 5.74) is 33.7. The molecule has 16 rings (SSSR count). The molecule has 105 heavy (non-hydrogen) atoms. The van der Waals surface area contributed by atoms with Gasteiger partial charge in [-0.15, -0.1) is 0 Å². The van der Waals surface area contributed by atoms with Gasteiger partial charge in [-0.1, -0.05) is 367 Å². The molecule has 2 heteroatoms. The SMILES string of the molecule is CCCCCCCCC1(CCCCCCCC)c2cc(C(Cc3ccc(-c4ccccc4)cc3)Cc3ccc4c(c3)C(C)(C)c3c5c(c6c(oc7ccccc76)c3-4)-c3ccccc3C5(C)C)ccc2-c2cc3c(cc21)-c1c(ccc2oc4ccccc4c12)C3(CCCCCCCC)CCCCCCCC. The lowest BCUT2D eigenvalue weighted by Crippen LogP contribution is -2.27. The lowest BCUT2D eigenvalue weighted by molar-refractivity contribution is 0.394. The van der Waals surface area contributed by atoms with Crippen molar-refractivity contribution >= 4 is 43.9 Å². The lowest BCUT2D eigenvalue weighted by atomic mass is 9.68. The molecule has 10 aromatic carbocycles. The summed E-state index contributed by atoms with van der Waals surface area (Å²) in [4.78, 5) is 0. The second-order valence-corrected chi connectivity index (χ2v) is 34.1. The Bertz CT molecular complexity index is 5060. The zero-order chi connectivity index (χ0) is 71.9. The first-order valence-corrected chi connectivity index (χ1v) is 42.1. The average Bonchev–Trinajstić information content (AvgIpc) is 1.52. The van der Waals surface area contributed by atoms with Gasteiger partial charge >= 0.3 is 0 Å². The predicted octanol–water partition coefficient (Wildman–Crippen LogP) is 30.9. The van der Waals surface area contributed by atoms with E-state index in [9.17, 15) is 0 Å². The van der Waals surface area contributed by atoms with Gasteiger partial charge in [0.2, 0.25) is 0 Å². The summed E-state index contributed by atoms with van der Waals surface area (Å²) in [5, 5.41) is 5.08. The maximum atomic E-state index is 7.21. The highest BCUT2D eigenvalue weighted by atomic mass is 16.3. The van der Waals surface area contributed by atoms with Crippen LogP contribution in [0.1, 0.15) is 302 Å². The number of unbranched alkanes of at least 4 members (excludes halogenated alkanes) is 20. The molecule has 0 amide bonds. The van der Waals surface area contributed by atoms with Crippen molar-refractivity contribution in [2.75, 3.05) is 0 Å². The van der Waals surface area contributed by atoms with Crippen LogP contribution in [0.3, 0.4) is 0 Å². The van der Waals surface area contributed by atoms with Crippen molar-refractivity contribution in [2.24, 2.45) is 0 Å². The summed E-state index contributed by atoms with van der Waals surface area (Å²) in [6.07, 6.45) is 37.8. The Morgan fingerprint density at radius 3 is 1.40 bits per heavy atom. The van der Waals surface area contributed by atoms with Crippen molar-refractivity contribution in [3.63, 3.8) is 0 Å². The standard InChI is InChI=1S/C103H116O2/c1-9-13-17-21-25-38-60-102(61-39-26-22-18-14-10-2)84-58-59-91-93(79-45-33-36-48-89(79)104-91)92(84)82-69-87-81(68-88(82)102)76-57-55-74(67-86(76)103(87,62-40-27-23-19-15-11-3)63-41-28-24-20-16-12-4)75(64-70-50-53-73(54-51-70)72-42-30-29-31-43-72)65-71-52-56-78-85(66-71)101(7,8)98-96(78)99-95(80-46-34-37-49-90(80)105-99)94-77-44-32-35-47-83(77)100(5,6)97(94)98/h29-37,42-59,66-69,75H,9-28,38-41,60-65H2,1-8H3. The fourth-order valence-corrected chi connectivity index (χ4v) is 21.3. The van der Waals surface area contributed by atoms with E-state index < -0.39 is 0 Å². The zero-order valence-electron chi connectivity index (χ0n) is 65.0. The smallest absolute Gasteiger partial charge is 0.144 e. The maximum Gasteiger partial charge on any atom is 0.144 e. The number of rotatable bonds is 34. The van der Waals surface area contributed by atoms with Crippen LogP contribution in [0.4, 0.5) is 0 Å². The Hall–Kier alpha value is -8.20. The van der Waals surface area contributed by atoms with Crippen LogP contribution in [0.25, 0.3) is 99.5 Å². The fourth-order valence-electron chi connectivity index (χ4n) is 21.3. The van der Waals surface area contributed by atoms with E-state index in [1.54, 1.807) is 22.3 Å². The first-order valence-electron chi connectivity index (χ1n) is 42.1. The molecule has 2 nitrogen and oxygen atoms in total. The van der Waals surface area contributed by atoms with Crippen molar-refractivity contribution in [1.29, 1.82) is 0 Å². The number of fused-ring (bicyclic) bond motifs is 22. The molecule has 1 atom stereocenters. The van der Waals surface area contributed by atoms with E-state index in [1.165, 1.54) is 296 Å². The predicted molar refractivity (Wildman–Crippen MR) is 449 cm³/mol. The molecular formula is C103H116O2. The van der Waals surface area contributed by atoms with Crippen LogP contribution in [0.5, 0.6) is 0 Å². The molecule has 0 spiro atoms. The summed E-state index contributed by atoms with van der Waals surface area (Å²) in [5.74, 6) is 0.217. The van der Waals surface area contributed by atoms with E-state index in [-0.39, 0.29) is 27.6 Å². The van der Waals surface area contributed by atoms with Crippen LogP contribution in [-0.4, -0.2) is 0 Å². The number of benzene rings is 10. The van der Waals surface area contributed by atoms with Gasteiger partial charge < -0.3 is 8.83 Å². The number of furan rings is 2. The molecular weight excluding hydrogens is 1270 g/mol. The van der Waals surface area contributed by atoms with Crippen molar-refractivity contribution in [1.82, 2.24) is 0 Å². The summed E-state index contributed by atoms with van der Waals surface area (Å²) in [6, 6.07) is 74.2. The number of hydrogen-bond donors (Lipinski definition) is 0. The molecule has 0 bridgehead atoms. The maximum absolute atomic E-state index is 7.21. The molecule has 0 radical (unpaired) electrons. The van der Waals surface area contributed by atoms with E-state index in [1.807, 2.05) is 0 Å². The van der Waals surface area contributed by atoms with Crippen LogP contribution in [-0.2, 0) is 34.5 Å². The quantitative estimate of drug-likeness (QED) is 0.0376. The average molecular weight is 1390 g/mol. The van der Waals surface area contributed by atoms with Crippen molar-refractivity contribution in [3.05, 3.63) is 249 Å². The van der Waals surface area contributed by atoms with Crippen LogP contribution in [0.2, 0.25) is 0 Å². The zero-order valence-corrected chi connectivity index (χ0v) is 65.0. The number of para-hydroxylation sites is 2. The third-order valence-electron chi connectivity index (χ3n) is 26.7. The molecule has 4 aliphatic rings. The van der Waals surface area contributed by atoms with Crippen molar-refractivity contribution in [3.8, 4) is 55.6 Å². The Morgan fingerprint density at radius 2 is 0.762 bits per heavy atom. The van der Waals surface area contributed by atoms with Crippen molar-refractivity contribution < 1.29 is 8.83 Å². The fraction of sp³-hybridized carbons (Fsp3) is 0.417. The minimum absolute atomic E-state index is 0.0854. The van der Waals surface area contributed by atoms with Gasteiger partial charge in [0.05, 0.1) is 0 Å². The summed E-state index contributed by atoms with van der Waals surface area (Å²) < 4.78 is 14.2. The van der Waals surface area contributed by atoms with Gasteiger partial charge in [0.1, 0.15) is 22.3 Å². The van der Waals surface area contributed by atoms with Crippen LogP contribution in [0, 0.1) is 0 Å². The Balaban J connectivity index is 0.868. The Kier molecular flexibility index (Phi) is 20.5. The first-order chi connectivity index (χ1) is 51.4. The van der Waals surface area contributed by atoms with Crippen molar-refractivity contribution in [2.45, 2.75) is 276 Å². The molecule has 1 unspecified atom stereocenters. The summed E-state index contributed by atoms with van der Waals surface area (Å²) in [6.45, 7) is 19.5. The molecule has 2 aromatic heterocycles. The highest BCUT2D eigenvalue weighted by Crippen LogP contribution is 2.66. The topological polar surface area (TPSA) is 26.3 Å². The largest absolute Gasteiger partial charge is 0.456 e.